The van der Waals surface area contributed by atoms with Crippen LogP contribution >= 0.6 is 0 Å². The first-order valence-corrected chi connectivity index (χ1v) is 25.3. The van der Waals surface area contributed by atoms with Crippen LogP contribution in [0.3, 0.4) is 0 Å². The SMILES string of the molecule is Cn1c2ccccc2c2ccc(N(c3ccc4c(c3)C3(c5ccccc5-c5ccccc53)c3cc(-c5cccc(-c6cccc7ccccc67)c5)c5ccccc5c3-4)c3ccc4oc5ccccc5c4c3)cc21. The number of hydrogen-bond acceptors (Lipinski definition) is 2. The number of fused-ring (bicyclic) bond motifs is 19. The molecular formula is C70H44N2O. The largest absolute Gasteiger partial charge is 0.456 e. The summed E-state index contributed by atoms with van der Waals surface area (Å²) in [6, 6.07) is 92.6. The molecule has 0 unspecified atom stereocenters. The zero-order chi connectivity index (χ0) is 47.9. The molecule has 0 amide bonds. The second-order valence-electron chi connectivity index (χ2n) is 20.0. The number of hydrogen-bond donors (Lipinski definition) is 0. The van der Waals surface area contributed by atoms with Crippen LogP contribution in [0.4, 0.5) is 17.1 Å². The van der Waals surface area contributed by atoms with Gasteiger partial charge in [0.25, 0.3) is 0 Å². The summed E-state index contributed by atoms with van der Waals surface area (Å²) in [5.41, 5.74) is 22.0. The number of rotatable bonds is 5. The molecule has 0 saturated carbocycles. The van der Waals surface area contributed by atoms with E-state index in [4.69, 9.17) is 4.42 Å². The molecule has 12 aromatic carbocycles. The van der Waals surface area contributed by atoms with Crippen LogP contribution < -0.4 is 4.90 Å². The van der Waals surface area contributed by atoms with E-state index in [9.17, 15) is 0 Å². The molecule has 340 valence electrons. The molecule has 0 saturated heterocycles. The Kier molecular flexibility index (Phi) is 8.30. The number of anilines is 3. The highest BCUT2D eigenvalue weighted by molar-refractivity contribution is 6.13. The van der Waals surface area contributed by atoms with Gasteiger partial charge in [-0.25, -0.2) is 0 Å². The van der Waals surface area contributed by atoms with Crippen molar-refractivity contribution >= 4 is 82.4 Å². The minimum Gasteiger partial charge on any atom is -0.456 e. The van der Waals surface area contributed by atoms with E-state index in [1.54, 1.807) is 0 Å². The summed E-state index contributed by atoms with van der Waals surface area (Å²) in [5.74, 6) is 0. The topological polar surface area (TPSA) is 21.3 Å². The summed E-state index contributed by atoms with van der Waals surface area (Å²) in [6.07, 6.45) is 0. The second-order valence-corrected chi connectivity index (χ2v) is 20.0. The number of benzene rings is 12. The highest BCUT2D eigenvalue weighted by Gasteiger charge is 2.52. The Morgan fingerprint density at radius 3 is 1.74 bits per heavy atom. The van der Waals surface area contributed by atoms with E-state index in [0.29, 0.717) is 0 Å². The van der Waals surface area contributed by atoms with E-state index in [1.807, 2.05) is 6.07 Å². The molecule has 2 aliphatic rings. The van der Waals surface area contributed by atoms with Crippen LogP contribution in [0.15, 0.2) is 253 Å². The van der Waals surface area contributed by atoms with Gasteiger partial charge in [-0.1, -0.05) is 182 Å². The van der Waals surface area contributed by atoms with Crippen LogP contribution in [0.5, 0.6) is 0 Å². The van der Waals surface area contributed by atoms with Crippen molar-refractivity contribution in [3.05, 3.63) is 271 Å². The Morgan fingerprint density at radius 1 is 0.329 bits per heavy atom. The van der Waals surface area contributed by atoms with E-state index in [1.165, 1.54) is 110 Å². The summed E-state index contributed by atoms with van der Waals surface area (Å²) in [6.45, 7) is 0. The van der Waals surface area contributed by atoms with E-state index in [2.05, 4.69) is 259 Å². The third kappa shape index (κ3) is 5.54. The predicted octanol–water partition coefficient (Wildman–Crippen LogP) is 18.7. The monoisotopic (exact) mass is 928 g/mol. The van der Waals surface area contributed by atoms with Crippen molar-refractivity contribution in [1.29, 1.82) is 0 Å². The normalized spacial score (nSPS) is 13.1. The molecule has 0 atom stereocenters. The van der Waals surface area contributed by atoms with Crippen molar-refractivity contribution in [3.63, 3.8) is 0 Å². The van der Waals surface area contributed by atoms with Crippen molar-refractivity contribution in [3.8, 4) is 44.5 Å². The molecule has 2 aromatic heterocycles. The smallest absolute Gasteiger partial charge is 0.135 e. The van der Waals surface area contributed by atoms with Gasteiger partial charge in [-0.05, 0) is 155 Å². The fourth-order valence-electron chi connectivity index (χ4n) is 13.3. The molecule has 16 rings (SSSR count). The highest BCUT2D eigenvalue weighted by atomic mass is 16.3. The zero-order valence-corrected chi connectivity index (χ0v) is 40.0. The standard InChI is InChI=1S/C70H44N2O/c1-71-65-30-12-8-24-54(65)55-35-32-48(41-66(55)71)72(46-34-37-68-60(39-46)56-25-9-13-31-67(56)73-68)47-33-36-58-63(40-47)70(61-28-10-6-22-52(61)53-23-7-11-29-62(53)70)64-42-59(51-21-4-5-26-57(51)69(58)64)45-19-14-18-44(38-45)50-27-15-17-43-16-2-3-20-49(43)50/h2-42H,1H3. The van der Waals surface area contributed by atoms with Crippen LogP contribution in [0, 0.1) is 0 Å². The van der Waals surface area contributed by atoms with Crippen LogP contribution in [0.1, 0.15) is 22.3 Å². The molecule has 0 aliphatic heterocycles. The summed E-state index contributed by atoms with van der Waals surface area (Å²) >= 11 is 0. The Balaban J connectivity index is 0.975. The molecular weight excluding hydrogens is 885 g/mol. The van der Waals surface area contributed by atoms with Crippen LogP contribution in [0.2, 0.25) is 0 Å². The average molecular weight is 929 g/mol. The zero-order valence-electron chi connectivity index (χ0n) is 40.0. The molecule has 3 heteroatoms. The summed E-state index contributed by atoms with van der Waals surface area (Å²) in [7, 11) is 2.19. The number of aryl methyl sites for hydroxylation is 1. The van der Waals surface area contributed by atoms with Crippen molar-refractivity contribution in [2.45, 2.75) is 5.41 Å². The molecule has 14 aromatic rings. The van der Waals surface area contributed by atoms with Gasteiger partial charge in [-0.3, -0.25) is 0 Å². The quantitative estimate of drug-likeness (QED) is 0.171. The summed E-state index contributed by atoms with van der Waals surface area (Å²) < 4.78 is 8.77. The molecule has 2 heterocycles. The number of nitrogens with zero attached hydrogens (tertiary/aromatic N) is 2. The van der Waals surface area contributed by atoms with Crippen molar-refractivity contribution in [1.82, 2.24) is 4.57 Å². The molecule has 0 fully saturated rings. The van der Waals surface area contributed by atoms with Crippen molar-refractivity contribution in [2.24, 2.45) is 7.05 Å². The highest BCUT2D eigenvalue weighted by Crippen LogP contribution is 2.65. The molecule has 0 N–H and O–H groups in total. The lowest BCUT2D eigenvalue weighted by molar-refractivity contribution is 0.669. The number of aromatic nitrogens is 1. The fraction of sp³-hybridized carbons (Fsp3) is 0.0286. The van der Waals surface area contributed by atoms with Gasteiger partial charge in [-0.2, -0.15) is 0 Å². The van der Waals surface area contributed by atoms with Gasteiger partial charge < -0.3 is 13.9 Å². The van der Waals surface area contributed by atoms with Gasteiger partial charge in [0.15, 0.2) is 0 Å². The van der Waals surface area contributed by atoms with E-state index < -0.39 is 5.41 Å². The van der Waals surface area contributed by atoms with Gasteiger partial charge in [0.2, 0.25) is 0 Å². The second kappa shape index (κ2) is 15.0. The van der Waals surface area contributed by atoms with Crippen LogP contribution in [-0.2, 0) is 12.5 Å². The maximum absolute atomic E-state index is 6.43. The van der Waals surface area contributed by atoms with Gasteiger partial charge >= 0.3 is 0 Å². The first-order valence-electron chi connectivity index (χ1n) is 25.3. The Labute approximate surface area is 422 Å². The lowest BCUT2D eigenvalue weighted by atomic mass is 9.70. The molecule has 1 spiro atoms. The van der Waals surface area contributed by atoms with Gasteiger partial charge in [-0.15, -0.1) is 0 Å². The maximum atomic E-state index is 6.43. The van der Waals surface area contributed by atoms with Gasteiger partial charge in [0.1, 0.15) is 11.2 Å². The van der Waals surface area contributed by atoms with Crippen LogP contribution in [-0.4, -0.2) is 4.57 Å². The third-order valence-electron chi connectivity index (χ3n) is 16.4. The van der Waals surface area contributed by atoms with E-state index in [-0.39, 0.29) is 0 Å². The van der Waals surface area contributed by atoms with Gasteiger partial charge in [0.05, 0.1) is 10.9 Å². The average Bonchev–Trinajstić information content (AvgIpc) is 4.17. The molecule has 3 nitrogen and oxygen atoms in total. The minimum absolute atomic E-state index is 0.615. The van der Waals surface area contributed by atoms with Crippen molar-refractivity contribution < 1.29 is 4.42 Å². The van der Waals surface area contributed by atoms with Gasteiger partial charge in [0, 0.05) is 51.2 Å². The van der Waals surface area contributed by atoms with E-state index in [0.717, 1.165) is 39.0 Å². The first-order chi connectivity index (χ1) is 36.1. The Hall–Kier alpha value is -9.44. The maximum Gasteiger partial charge on any atom is 0.135 e. The van der Waals surface area contributed by atoms with E-state index >= 15 is 0 Å². The third-order valence-corrected chi connectivity index (χ3v) is 16.4. The summed E-state index contributed by atoms with van der Waals surface area (Å²) in [4.78, 5) is 2.46. The Bertz CT molecular complexity index is 4610. The van der Waals surface area contributed by atoms with Crippen molar-refractivity contribution in [2.75, 3.05) is 4.90 Å². The molecule has 0 radical (unpaired) electrons. The molecule has 73 heavy (non-hydrogen) atoms. The molecule has 0 bridgehead atoms. The predicted molar refractivity (Wildman–Crippen MR) is 305 cm³/mol. The Morgan fingerprint density at radius 2 is 0.904 bits per heavy atom. The lowest BCUT2D eigenvalue weighted by Crippen LogP contribution is -2.26. The number of para-hydroxylation sites is 2. The van der Waals surface area contributed by atoms with Crippen LogP contribution in [0.25, 0.3) is 110 Å². The summed E-state index contributed by atoms with van der Waals surface area (Å²) in [5, 5.41) is 9.70. The lowest BCUT2D eigenvalue weighted by Gasteiger charge is -2.32. The molecule has 2 aliphatic carbocycles. The minimum atomic E-state index is -0.615. The number of furan rings is 1. The first kappa shape index (κ1) is 40.3. The fourth-order valence-corrected chi connectivity index (χ4v) is 13.3.